The van der Waals surface area contributed by atoms with Crippen molar-refractivity contribution in [3.63, 3.8) is 0 Å². The third-order valence-corrected chi connectivity index (χ3v) is 4.02. The predicted octanol–water partition coefficient (Wildman–Crippen LogP) is 3.19. The molecule has 0 spiro atoms. The monoisotopic (exact) mass is 351 g/mol. The van der Waals surface area contributed by atoms with E-state index in [9.17, 15) is 4.39 Å². The second-order valence-corrected chi connectivity index (χ2v) is 5.95. The summed E-state index contributed by atoms with van der Waals surface area (Å²) in [5.74, 6) is 0.443. The molecule has 0 amide bonds. The zero-order chi connectivity index (χ0) is 18.4. The lowest BCUT2D eigenvalue weighted by atomic mass is 10.1. The normalized spacial score (nSPS) is 11.4. The molecule has 3 aromatic rings. The van der Waals surface area contributed by atoms with Crippen LogP contribution in [0, 0.1) is 12.7 Å². The number of halogens is 1. The van der Waals surface area contributed by atoms with Gasteiger partial charge in [-0.05, 0) is 42.3 Å². The predicted molar refractivity (Wildman–Crippen MR) is 102 cm³/mol. The summed E-state index contributed by atoms with van der Waals surface area (Å²) in [5.41, 5.74) is 3.43. The van der Waals surface area contributed by atoms with Crippen LogP contribution in [0.1, 0.15) is 16.8 Å². The summed E-state index contributed by atoms with van der Waals surface area (Å²) in [6.45, 7) is 2.79. The van der Waals surface area contributed by atoms with E-state index < -0.39 is 0 Å². The highest BCUT2D eigenvalue weighted by Gasteiger charge is 2.04. The highest BCUT2D eigenvalue weighted by molar-refractivity contribution is 5.79. The summed E-state index contributed by atoms with van der Waals surface area (Å²) in [5, 5.41) is 10.9. The quantitative estimate of drug-likeness (QED) is 0.548. The van der Waals surface area contributed by atoms with Gasteiger partial charge >= 0.3 is 0 Å². The van der Waals surface area contributed by atoms with Gasteiger partial charge < -0.3 is 10.6 Å². The minimum atomic E-state index is -0.196. The number of aryl methyl sites for hydroxylation is 1. The van der Waals surface area contributed by atoms with E-state index in [0.29, 0.717) is 24.6 Å². The minimum absolute atomic E-state index is 0.196. The lowest BCUT2D eigenvalue weighted by molar-refractivity contribution is 0.615. The Hall–Kier alpha value is -3.15. The van der Waals surface area contributed by atoms with Gasteiger partial charge in [0.1, 0.15) is 5.82 Å². The van der Waals surface area contributed by atoms with E-state index in [-0.39, 0.29) is 5.82 Å². The van der Waals surface area contributed by atoms with Gasteiger partial charge in [-0.15, -0.1) is 0 Å². The van der Waals surface area contributed by atoms with Crippen LogP contribution in [0.25, 0.3) is 5.69 Å². The van der Waals surface area contributed by atoms with Crippen molar-refractivity contribution >= 4 is 5.96 Å². The molecule has 1 heterocycles. The first-order valence-corrected chi connectivity index (χ1v) is 8.45. The van der Waals surface area contributed by atoms with E-state index in [1.54, 1.807) is 20.0 Å². The molecule has 0 aliphatic rings. The number of para-hydroxylation sites is 1. The lowest BCUT2D eigenvalue weighted by Gasteiger charge is -2.11. The maximum absolute atomic E-state index is 13.6. The fraction of sp³-hybridized carbons (Fsp3) is 0.200. The van der Waals surface area contributed by atoms with E-state index in [1.807, 2.05) is 53.3 Å². The van der Waals surface area contributed by atoms with E-state index in [4.69, 9.17) is 0 Å². The van der Waals surface area contributed by atoms with Crippen molar-refractivity contribution in [2.45, 2.75) is 20.0 Å². The fourth-order valence-electron chi connectivity index (χ4n) is 2.51. The summed E-state index contributed by atoms with van der Waals surface area (Å²) in [6, 6.07) is 17.1. The Bertz CT molecular complexity index is 886. The molecule has 0 bridgehead atoms. The number of benzene rings is 2. The Balaban J connectivity index is 1.54. The number of nitrogens with zero attached hydrogens (tertiary/aromatic N) is 3. The third kappa shape index (κ3) is 4.47. The molecule has 0 saturated carbocycles. The largest absolute Gasteiger partial charge is 0.352 e. The molecular weight excluding hydrogens is 329 g/mol. The molecule has 2 N–H and O–H groups in total. The Labute approximate surface area is 152 Å². The van der Waals surface area contributed by atoms with Gasteiger partial charge in [0.15, 0.2) is 5.96 Å². The minimum Gasteiger partial charge on any atom is -0.352 e. The molecule has 5 nitrogen and oxygen atoms in total. The number of rotatable bonds is 5. The van der Waals surface area contributed by atoms with Crippen LogP contribution in [0.4, 0.5) is 4.39 Å². The van der Waals surface area contributed by atoms with Gasteiger partial charge in [-0.3, -0.25) is 4.99 Å². The molecule has 3 rings (SSSR count). The van der Waals surface area contributed by atoms with Crippen LogP contribution in [0.3, 0.4) is 0 Å². The van der Waals surface area contributed by atoms with Gasteiger partial charge in [0, 0.05) is 19.8 Å². The van der Waals surface area contributed by atoms with Gasteiger partial charge in [0.2, 0.25) is 0 Å². The Morgan fingerprint density at radius 2 is 1.85 bits per heavy atom. The Morgan fingerprint density at radius 3 is 2.58 bits per heavy atom. The van der Waals surface area contributed by atoms with Crippen LogP contribution in [-0.2, 0) is 13.1 Å². The second kappa shape index (κ2) is 8.29. The average molecular weight is 351 g/mol. The molecule has 1 aromatic heterocycles. The van der Waals surface area contributed by atoms with Crippen molar-refractivity contribution in [3.8, 4) is 5.69 Å². The van der Waals surface area contributed by atoms with Crippen molar-refractivity contribution in [3.05, 3.63) is 83.4 Å². The summed E-state index contributed by atoms with van der Waals surface area (Å²) in [4.78, 5) is 4.19. The third-order valence-electron chi connectivity index (χ3n) is 4.02. The molecule has 0 fully saturated rings. The van der Waals surface area contributed by atoms with Crippen molar-refractivity contribution in [1.29, 1.82) is 0 Å². The number of nitrogens with one attached hydrogen (secondary N) is 2. The van der Waals surface area contributed by atoms with E-state index in [0.717, 1.165) is 16.9 Å². The number of hydrogen-bond donors (Lipinski definition) is 2. The first kappa shape index (κ1) is 17.7. The van der Waals surface area contributed by atoms with Gasteiger partial charge in [-0.1, -0.05) is 30.3 Å². The van der Waals surface area contributed by atoms with Crippen LogP contribution in [0.5, 0.6) is 0 Å². The summed E-state index contributed by atoms with van der Waals surface area (Å²) < 4.78 is 15.4. The van der Waals surface area contributed by atoms with E-state index in [1.165, 1.54) is 6.07 Å². The van der Waals surface area contributed by atoms with Gasteiger partial charge in [-0.2, -0.15) is 5.10 Å². The number of hydrogen-bond acceptors (Lipinski definition) is 2. The summed E-state index contributed by atoms with van der Waals surface area (Å²) in [7, 11) is 1.70. The second-order valence-electron chi connectivity index (χ2n) is 5.95. The molecule has 0 aliphatic heterocycles. The smallest absolute Gasteiger partial charge is 0.191 e. The first-order valence-electron chi connectivity index (χ1n) is 8.45. The highest BCUT2D eigenvalue weighted by Crippen LogP contribution is 2.09. The van der Waals surface area contributed by atoms with Crippen LogP contribution in [-0.4, -0.2) is 22.8 Å². The molecule has 0 atom stereocenters. The lowest BCUT2D eigenvalue weighted by Crippen LogP contribution is -2.36. The summed E-state index contributed by atoms with van der Waals surface area (Å²) in [6.07, 6.45) is 1.93. The Kier molecular flexibility index (Phi) is 5.63. The summed E-state index contributed by atoms with van der Waals surface area (Å²) >= 11 is 0. The number of guanidine groups is 1. The number of aromatic nitrogens is 2. The molecule has 134 valence electrons. The zero-order valence-electron chi connectivity index (χ0n) is 14.9. The maximum Gasteiger partial charge on any atom is 0.191 e. The molecule has 26 heavy (non-hydrogen) atoms. The molecule has 0 aliphatic carbocycles. The van der Waals surface area contributed by atoms with Crippen molar-refractivity contribution in [1.82, 2.24) is 20.4 Å². The van der Waals surface area contributed by atoms with Gasteiger partial charge in [0.25, 0.3) is 0 Å². The van der Waals surface area contributed by atoms with Crippen LogP contribution >= 0.6 is 0 Å². The molecular formula is C20H22FN5. The topological polar surface area (TPSA) is 54.2 Å². The molecule has 2 aromatic carbocycles. The van der Waals surface area contributed by atoms with Crippen LogP contribution in [0.2, 0.25) is 0 Å². The first-order chi connectivity index (χ1) is 12.7. The van der Waals surface area contributed by atoms with E-state index >= 15 is 0 Å². The fourth-order valence-corrected chi connectivity index (χ4v) is 2.51. The SMILES string of the molecule is CN=C(NCc1ccc(C)c(F)c1)NCc1ccn(-c2ccccc2)n1. The maximum atomic E-state index is 13.6. The molecule has 0 unspecified atom stereocenters. The van der Waals surface area contributed by atoms with Gasteiger partial charge in [0.05, 0.1) is 17.9 Å². The Morgan fingerprint density at radius 1 is 1.08 bits per heavy atom. The van der Waals surface area contributed by atoms with Gasteiger partial charge in [-0.25, -0.2) is 9.07 Å². The number of aliphatic imine (C=N–C) groups is 1. The van der Waals surface area contributed by atoms with Crippen molar-refractivity contribution in [2.24, 2.45) is 4.99 Å². The molecule has 6 heteroatoms. The van der Waals surface area contributed by atoms with E-state index in [2.05, 4.69) is 20.7 Å². The zero-order valence-corrected chi connectivity index (χ0v) is 14.9. The molecule has 0 saturated heterocycles. The highest BCUT2D eigenvalue weighted by atomic mass is 19.1. The van der Waals surface area contributed by atoms with Crippen LogP contribution in [0.15, 0.2) is 65.8 Å². The standard InChI is InChI=1S/C20H22FN5/c1-15-8-9-16(12-19(15)21)13-23-20(22-2)24-14-17-10-11-26(25-17)18-6-4-3-5-7-18/h3-12H,13-14H2,1-2H3,(H2,22,23,24). The van der Waals surface area contributed by atoms with Crippen LogP contribution < -0.4 is 10.6 Å². The van der Waals surface area contributed by atoms with Crippen molar-refractivity contribution < 1.29 is 4.39 Å². The van der Waals surface area contributed by atoms with Crippen molar-refractivity contribution in [2.75, 3.05) is 7.05 Å². The average Bonchev–Trinajstić information content (AvgIpc) is 3.14. The molecule has 0 radical (unpaired) electrons.